The molecule has 2 heterocycles. The summed E-state index contributed by atoms with van der Waals surface area (Å²) in [6, 6.07) is 6.86. The van der Waals surface area contributed by atoms with E-state index in [1.54, 1.807) is 14.2 Å². The zero-order valence-corrected chi connectivity index (χ0v) is 13.9. The predicted octanol–water partition coefficient (Wildman–Crippen LogP) is 3.10. The molecule has 0 radical (unpaired) electrons. The van der Waals surface area contributed by atoms with E-state index in [0.29, 0.717) is 23.8 Å². The van der Waals surface area contributed by atoms with Gasteiger partial charge < -0.3 is 9.47 Å². The average Bonchev–Trinajstić information content (AvgIpc) is 2.85. The summed E-state index contributed by atoms with van der Waals surface area (Å²) in [6.07, 6.45) is 2.21. The molecule has 0 aliphatic heterocycles. The molecule has 3 aromatic rings. The van der Waals surface area contributed by atoms with Crippen molar-refractivity contribution in [2.24, 2.45) is 0 Å². The molecule has 0 spiro atoms. The maximum Gasteiger partial charge on any atom is 0.298 e. The molecule has 4 rings (SSSR count). The highest BCUT2D eigenvalue weighted by Crippen LogP contribution is 2.40. The second-order valence-electron chi connectivity index (χ2n) is 5.49. The van der Waals surface area contributed by atoms with Crippen molar-refractivity contribution in [3.8, 4) is 6.01 Å². The van der Waals surface area contributed by atoms with Crippen molar-refractivity contribution in [1.29, 1.82) is 0 Å². The lowest BCUT2D eigenvalue weighted by molar-refractivity contribution is 0.00545. The van der Waals surface area contributed by atoms with Gasteiger partial charge in [-0.3, -0.25) is 4.57 Å². The number of ether oxygens (including phenoxy) is 2. The van der Waals surface area contributed by atoms with Crippen LogP contribution in [0.4, 0.5) is 0 Å². The number of halogens is 1. The highest BCUT2D eigenvalue weighted by Gasteiger charge is 2.34. The second kappa shape index (κ2) is 5.17. The van der Waals surface area contributed by atoms with Crippen LogP contribution in [0.15, 0.2) is 22.7 Å². The Kier molecular flexibility index (Phi) is 3.27. The fourth-order valence-corrected chi connectivity index (χ4v) is 3.39. The van der Waals surface area contributed by atoms with Crippen LogP contribution in [0.3, 0.4) is 0 Å². The Balaban J connectivity index is 1.98. The standard InChI is InChI=1S/C15H15BrN4O2/c1-21-10-6-9(7-10)20-13-11-5-8(16)3-4-12(11)18-19-14(13)17-15(20)22-2/h3-5,9-10H,6-7H2,1-2H3. The van der Waals surface area contributed by atoms with Crippen LogP contribution < -0.4 is 4.74 Å². The largest absolute Gasteiger partial charge is 0.468 e. The van der Waals surface area contributed by atoms with Gasteiger partial charge >= 0.3 is 0 Å². The molecule has 1 aliphatic carbocycles. The van der Waals surface area contributed by atoms with Crippen molar-refractivity contribution >= 4 is 38.0 Å². The Hall–Kier alpha value is -1.73. The first kappa shape index (κ1) is 13.9. The summed E-state index contributed by atoms with van der Waals surface area (Å²) in [5, 5.41) is 9.51. The first-order valence-corrected chi connectivity index (χ1v) is 7.91. The molecule has 1 saturated carbocycles. The van der Waals surface area contributed by atoms with Gasteiger partial charge in [0.25, 0.3) is 6.01 Å². The normalized spacial score (nSPS) is 21.2. The fourth-order valence-electron chi connectivity index (χ4n) is 3.03. The Morgan fingerprint density at radius 3 is 2.77 bits per heavy atom. The van der Waals surface area contributed by atoms with Crippen molar-refractivity contribution in [3.63, 3.8) is 0 Å². The summed E-state index contributed by atoms with van der Waals surface area (Å²) in [7, 11) is 3.39. The van der Waals surface area contributed by atoms with E-state index < -0.39 is 0 Å². The molecule has 6 nitrogen and oxygen atoms in total. The quantitative estimate of drug-likeness (QED) is 0.716. The third-order valence-corrected chi connectivity index (χ3v) is 4.77. The topological polar surface area (TPSA) is 62.1 Å². The molecule has 0 atom stereocenters. The summed E-state index contributed by atoms with van der Waals surface area (Å²) in [5.74, 6) is 0. The highest BCUT2D eigenvalue weighted by molar-refractivity contribution is 9.10. The average molecular weight is 363 g/mol. The van der Waals surface area contributed by atoms with Crippen molar-refractivity contribution < 1.29 is 9.47 Å². The number of nitrogens with zero attached hydrogens (tertiary/aromatic N) is 4. The molecular formula is C15H15BrN4O2. The predicted molar refractivity (Wildman–Crippen MR) is 86.1 cm³/mol. The summed E-state index contributed by atoms with van der Waals surface area (Å²) in [6.45, 7) is 0. The Morgan fingerprint density at radius 2 is 2.05 bits per heavy atom. The zero-order valence-electron chi connectivity index (χ0n) is 12.3. The molecule has 7 heteroatoms. The SMILES string of the molecule is COc1nc2nnc3ccc(Br)cc3c2n1C1CC(OC)C1. The van der Waals surface area contributed by atoms with E-state index in [2.05, 4.69) is 41.7 Å². The van der Waals surface area contributed by atoms with E-state index in [1.165, 1.54) is 0 Å². The van der Waals surface area contributed by atoms with Crippen molar-refractivity contribution in [1.82, 2.24) is 19.7 Å². The van der Waals surface area contributed by atoms with Gasteiger partial charge in [-0.1, -0.05) is 15.9 Å². The minimum Gasteiger partial charge on any atom is -0.468 e. The first-order valence-electron chi connectivity index (χ1n) is 7.12. The van der Waals surface area contributed by atoms with Crippen LogP contribution in [0, 0.1) is 0 Å². The van der Waals surface area contributed by atoms with Crippen LogP contribution in [0.5, 0.6) is 6.01 Å². The fraction of sp³-hybridized carbons (Fsp3) is 0.400. The van der Waals surface area contributed by atoms with E-state index in [1.807, 2.05) is 12.1 Å². The van der Waals surface area contributed by atoms with Crippen LogP contribution in [0.1, 0.15) is 18.9 Å². The van der Waals surface area contributed by atoms with Crippen LogP contribution in [0.2, 0.25) is 0 Å². The molecule has 2 aromatic heterocycles. The smallest absolute Gasteiger partial charge is 0.298 e. The van der Waals surface area contributed by atoms with Gasteiger partial charge in [-0.25, -0.2) is 0 Å². The number of methoxy groups -OCH3 is 2. The molecular weight excluding hydrogens is 348 g/mol. The molecule has 0 saturated heterocycles. The molecule has 0 amide bonds. The Labute approximate surface area is 135 Å². The van der Waals surface area contributed by atoms with E-state index >= 15 is 0 Å². The molecule has 0 bridgehead atoms. The van der Waals surface area contributed by atoms with E-state index in [-0.39, 0.29) is 0 Å². The second-order valence-corrected chi connectivity index (χ2v) is 6.40. The van der Waals surface area contributed by atoms with Crippen LogP contribution in [0.25, 0.3) is 22.1 Å². The van der Waals surface area contributed by atoms with Crippen molar-refractivity contribution in [2.45, 2.75) is 25.0 Å². The highest BCUT2D eigenvalue weighted by atomic mass is 79.9. The Bertz CT molecular complexity index is 857. The van der Waals surface area contributed by atoms with E-state index in [4.69, 9.17) is 9.47 Å². The summed E-state index contributed by atoms with van der Waals surface area (Å²) < 4.78 is 14.0. The first-order chi connectivity index (χ1) is 10.7. The minimum absolute atomic E-state index is 0.306. The van der Waals surface area contributed by atoms with Gasteiger partial charge in [0.2, 0.25) is 5.65 Å². The van der Waals surface area contributed by atoms with Crippen LogP contribution in [-0.4, -0.2) is 40.1 Å². The van der Waals surface area contributed by atoms with Crippen LogP contribution >= 0.6 is 15.9 Å². The molecule has 114 valence electrons. The molecule has 1 fully saturated rings. The summed E-state index contributed by atoms with van der Waals surface area (Å²) in [4.78, 5) is 4.48. The van der Waals surface area contributed by atoms with Gasteiger partial charge in [-0.05, 0) is 31.0 Å². The summed E-state index contributed by atoms with van der Waals surface area (Å²) >= 11 is 3.53. The number of hydrogen-bond acceptors (Lipinski definition) is 5. The molecule has 22 heavy (non-hydrogen) atoms. The molecule has 0 unspecified atom stereocenters. The molecule has 0 N–H and O–H groups in total. The maximum absolute atomic E-state index is 5.47. The third kappa shape index (κ3) is 1.99. The van der Waals surface area contributed by atoms with Gasteiger partial charge in [0.05, 0.1) is 18.7 Å². The lowest BCUT2D eigenvalue weighted by Crippen LogP contribution is -2.32. The zero-order chi connectivity index (χ0) is 15.3. The van der Waals surface area contributed by atoms with Gasteiger partial charge in [-0.2, -0.15) is 4.98 Å². The Morgan fingerprint density at radius 1 is 1.23 bits per heavy atom. The molecule has 1 aliphatic rings. The van der Waals surface area contributed by atoms with E-state index in [9.17, 15) is 0 Å². The lowest BCUT2D eigenvalue weighted by atomic mass is 9.89. The van der Waals surface area contributed by atoms with Gasteiger partial charge in [0, 0.05) is 23.0 Å². The summed E-state index contributed by atoms with van der Waals surface area (Å²) in [5.41, 5.74) is 2.44. The number of rotatable bonds is 3. The third-order valence-electron chi connectivity index (χ3n) is 4.28. The van der Waals surface area contributed by atoms with Crippen molar-refractivity contribution in [3.05, 3.63) is 22.7 Å². The monoisotopic (exact) mass is 362 g/mol. The number of fused-ring (bicyclic) bond motifs is 3. The van der Waals surface area contributed by atoms with E-state index in [0.717, 1.165) is 33.7 Å². The van der Waals surface area contributed by atoms with Gasteiger partial charge in [0.15, 0.2) is 0 Å². The van der Waals surface area contributed by atoms with Crippen LogP contribution in [-0.2, 0) is 4.74 Å². The maximum atomic E-state index is 5.47. The number of aromatic nitrogens is 4. The lowest BCUT2D eigenvalue weighted by Gasteiger charge is -2.35. The van der Waals surface area contributed by atoms with Gasteiger partial charge in [-0.15, -0.1) is 10.2 Å². The minimum atomic E-state index is 0.306. The number of hydrogen-bond donors (Lipinski definition) is 0. The van der Waals surface area contributed by atoms with Gasteiger partial charge in [0.1, 0.15) is 5.52 Å². The molecule has 1 aromatic carbocycles. The number of benzene rings is 1. The number of imidazole rings is 1. The van der Waals surface area contributed by atoms with Crippen molar-refractivity contribution in [2.75, 3.05) is 14.2 Å².